The number of nitrogens with zero attached hydrogens (tertiary/aromatic N) is 2. The molecule has 1 N–H and O–H groups in total. The normalized spacial score (nSPS) is 21.2. The van der Waals surface area contributed by atoms with Crippen LogP contribution in [0.15, 0.2) is 48.5 Å². The van der Waals surface area contributed by atoms with Crippen molar-refractivity contribution in [2.75, 3.05) is 43.0 Å². The van der Waals surface area contributed by atoms with E-state index in [2.05, 4.69) is 22.3 Å². The van der Waals surface area contributed by atoms with Crippen molar-refractivity contribution in [2.45, 2.75) is 38.1 Å². The summed E-state index contributed by atoms with van der Waals surface area (Å²) in [6, 6.07) is 14.5. The molecule has 1 aliphatic carbocycles. The smallest absolute Gasteiger partial charge is 0.382 e. The van der Waals surface area contributed by atoms with E-state index in [1.165, 1.54) is 18.7 Å². The lowest BCUT2D eigenvalue weighted by Crippen LogP contribution is -2.50. The van der Waals surface area contributed by atoms with Gasteiger partial charge in [-0.3, -0.25) is 4.79 Å². The zero-order valence-corrected chi connectivity index (χ0v) is 18.1. The molecule has 2 aromatic rings. The second-order valence-corrected chi connectivity index (χ2v) is 8.48. The van der Waals surface area contributed by atoms with E-state index in [1.54, 1.807) is 6.07 Å². The zero-order chi connectivity index (χ0) is 22.7. The first-order valence-corrected chi connectivity index (χ1v) is 10.9. The minimum Gasteiger partial charge on any atom is -0.382 e. The fraction of sp³-hybridized carbons (Fsp3) is 0.458. The molecule has 0 spiro atoms. The number of amides is 1. The van der Waals surface area contributed by atoms with Crippen LogP contribution in [-0.4, -0.2) is 55.7 Å². The molecule has 0 bridgehead atoms. The number of piperazine rings is 1. The molecule has 1 saturated carbocycles. The maximum Gasteiger partial charge on any atom is 0.416 e. The lowest BCUT2D eigenvalue weighted by atomic mass is 9.89. The first kappa shape index (κ1) is 22.5. The van der Waals surface area contributed by atoms with Crippen molar-refractivity contribution in [3.05, 3.63) is 59.7 Å². The zero-order valence-electron chi connectivity index (χ0n) is 18.1. The second kappa shape index (κ2) is 9.40. The summed E-state index contributed by atoms with van der Waals surface area (Å²) < 4.78 is 45.0. The highest BCUT2D eigenvalue weighted by Crippen LogP contribution is 2.34. The molecule has 2 fully saturated rings. The lowest BCUT2D eigenvalue weighted by molar-refractivity contribution is -0.140. The summed E-state index contributed by atoms with van der Waals surface area (Å²) in [4.78, 5) is 16.6. The van der Waals surface area contributed by atoms with Crippen molar-refractivity contribution in [3.8, 4) is 0 Å². The van der Waals surface area contributed by atoms with Gasteiger partial charge in [0.1, 0.15) is 6.61 Å². The quantitative estimate of drug-likeness (QED) is 0.716. The van der Waals surface area contributed by atoms with Crippen LogP contribution in [0.3, 0.4) is 0 Å². The number of anilines is 2. The number of carbonyl (C=O) groups excluding carboxylic acids is 1. The molecule has 1 amide bonds. The molecule has 1 saturated heterocycles. The Bertz CT molecular complexity index is 922. The van der Waals surface area contributed by atoms with Gasteiger partial charge >= 0.3 is 6.18 Å². The van der Waals surface area contributed by atoms with Gasteiger partial charge in [0.2, 0.25) is 5.91 Å². The molecule has 4 rings (SSSR count). The van der Waals surface area contributed by atoms with E-state index >= 15 is 0 Å². The SMILES string of the molecule is Cc1ccc(NC2CC(OCC(=O)N3CCN(c4ccccc4)CC3)C2)cc1C(F)(F)F. The van der Waals surface area contributed by atoms with Gasteiger partial charge in [0, 0.05) is 43.6 Å². The summed E-state index contributed by atoms with van der Waals surface area (Å²) in [5.74, 6) is -0.0116. The molecule has 1 aliphatic heterocycles. The Morgan fingerprint density at radius 3 is 2.41 bits per heavy atom. The van der Waals surface area contributed by atoms with E-state index in [0.29, 0.717) is 31.6 Å². The molecule has 2 aliphatic rings. The monoisotopic (exact) mass is 447 g/mol. The van der Waals surface area contributed by atoms with Crippen molar-refractivity contribution in [3.63, 3.8) is 0 Å². The van der Waals surface area contributed by atoms with Crippen LogP contribution < -0.4 is 10.2 Å². The molecule has 8 heteroatoms. The third-order valence-electron chi connectivity index (χ3n) is 6.20. The molecule has 0 aromatic heterocycles. The van der Waals surface area contributed by atoms with Gasteiger partial charge in [-0.2, -0.15) is 13.2 Å². The van der Waals surface area contributed by atoms with E-state index in [-0.39, 0.29) is 30.2 Å². The molecule has 0 radical (unpaired) electrons. The van der Waals surface area contributed by atoms with Crippen molar-refractivity contribution >= 4 is 17.3 Å². The maximum absolute atomic E-state index is 13.1. The molecule has 0 atom stereocenters. The number of ether oxygens (including phenoxy) is 1. The molecule has 5 nitrogen and oxygen atoms in total. The Kier molecular flexibility index (Phi) is 6.60. The minimum absolute atomic E-state index is 0.0116. The number of aryl methyl sites for hydroxylation is 1. The Hall–Kier alpha value is -2.74. The Balaban J connectivity index is 1.17. The summed E-state index contributed by atoms with van der Waals surface area (Å²) in [5.41, 5.74) is 1.21. The second-order valence-electron chi connectivity index (χ2n) is 8.48. The highest BCUT2D eigenvalue weighted by Gasteiger charge is 2.34. The summed E-state index contributed by atoms with van der Waals surface area (Å²) in [6.07, 6.45) is -3.07. The molecule has 172 valence electrons. The van der Waals surface area contributed by atoms with Gasteiger partial charge < -0.3 is 19.9 Å². The van der Waals surface area contributed by atoms with Crippen LogP contribution >= 0.6 is 0 Å². The van der Waals surface area contributed by atoms with Gasteiger partial charge in [0.15, 0.2) is 0 Å². The fourth-order valence-electron chi connectivity index (χ4n) is 4.21. The molecular weight excluding hydrogens is 419 g/mol. The van der Waals surface area contributed by atoms with Crippen molar-refractivity contribution in [1.82, 2.24) is 4.90 Å². The summed E-state index contributed by atoms with van der Waals surface area (Å²) in [7, 11) is 0. The molecular formula is C24H28F3N3O2. The van der Waals surface area contributed by atoms with Gasteiger partial charge in [-0.25, -0.2) is 0 Å². The van der Waals surface area contributed by atoms with Gasteiger partial charge in [-0.1, -0.05) is 24.3 Å². The Labute approximate surface area is 186 Å². The van der Waals surface area contributed by atoms with E-state index in [1.807, 2.05) is 23.1 Å². The minimum atomic E-state index is -4.36. The predicted octanol–water partition coefficient (Wildman–Crippen LogP) is 4.32. The van der Waals surface area contributed by atoms with Crippen LogP contribution in [0.2, 0.25) is 0 Å². The average molecular weight is 448 g/mol. The predicted molar refractivity (Wildman–Crippen MR) is 118 cm³/mol. The van der Waals surface area contributed by atoms with Crippen LogP contribution in [0.25, 0.3) is 0 Å². The van der Waals surface area contributed by atoms with Crippen LogP contribution in [0.4, 0.5) is 24.5 Å². The topological polar surface area (TPSA) is 44.8 Å². The number of para-hydroxylation sites is 1. The molecule has 1 heterocycles. The number of halogens is 3. The van der Waals surface area contributed by atoms with E-state index < -0.39 is 11.7 Å². The molecule has 0 unspecified atom stereocenters. The third-order valence-corrected chi connectivity index (χ3v) is 6.20. The average Bonchev–Trinajstić information content (AvgIpc) is 2.76. The van der Waals surface area contributed by atoms with Gasteiger partial charge in [0.25, 0.3) is 0 Å². The number of carbonyl (C=O) groups is 1. The van der Waals surface area contributed by atoms with Crippen molar-refractivity contribution in [1.29, 1.82) is 0 Å². The van der Waals surface area contributed by atoms with Gasteiger partial charge in [-0.05, 0) is 49.6 Å². The number of nitrogens with one attached hydrogen (secondary N) is 1. The number of rotatable bonds is 6. The molecule has 2 aromatic carbocycles. The van der Waals surface area contributed by atoms with E-state index in [4.69, 9.17) is 4.74 Å². The van der Waals surface area contributed by atoms with Crippen molar-refractivity contribution in [2.24, 2.45) is 0 Å². The van der Waals surface area contributed by atoms with E-state index in [0.717, 1.165) is 19.2 Å². The number of hydrogen-bond acceptors (Lipinski definition) is 4. The number of hydrogen-bond donors (Lipinski definition) is 1. The number of benzene rings is 2. The Morgan fingerprint density at radius 1 is 1.06 bits per heavy atom. The number of alkyl halides is 3. The summed E-state index contributed by atoms with van der Waals surface area (Å²) >= 11 is 0. The first-order chi connectivity index (χ1) is 15.3. The summed E-state index contributed by atoms with van der Waals surface area (Å²) in [6.45, 7) is 4.43. The van der Waals surface area contributed by atoms with Crippen molar-refractivity contribution < 1.29 is 22.7 Å². The standard InChI is InChI=1S/C24H28F3N3O2/c1-17-7-8-18(15-22(17)24(25,26)27)28-19-13-21(14-19)32-16-23(31)30-11-9-29(10-12-30)20-5-3-2-4-6-20/h2-8,15,19,21,28H,9-14,16H2,1H3. The van der Waals surface area contributed by atoms with Gasteiger partial charge in [0.05, 0.1) is 11.7 Å². The lowest BCUT2D eigenvalue weighted by Gasteiger charge is -2.38. The van der Waals surface area contributed by atoms with E-state index in [9.17, 15) is 18.0 Å². The molecule has 32 heavy (non-hydrogen) atoms. The first-order valence-electron chi connectivity index (χ1n) is 10.9. The highest BCUT2D eigenvalue weighted by atomic mass is 19.4. The Morgan fingerprint density at radius 2 is 1.75 bits per heavy atom. The summed E-state index contributed by atoms with van der Waals surface area (Å²) in [5, 5.41) is 3.14. The fourth-order valence-corrected chi connectivity index (χ4v) is 4.21. The van der Waals surface area contributed by atoms with Crippen LogP contribution in [0.5, 0.6) is 0 Å². The largest absolute Gasteiger partial charge is 0.416 e. The third kappa shape index (κ3) is 5.35. The van der Waals surface area contributed by atoms with Gasteiger partial charge in [-0.15, -0.1) is 0 Å². The highest BCUT2D eigenvalue weighted by molar-refractivity contribution is 5.77. The maximum atomic E-state index is 13.1. The van der Waals surface area contributed by atoms with Crippen LogP contribution in [0, 0.1) is 6.92 Å². The van der Waals surface area contributed by atoms with Crippen LogP contribution in [-0.2, 0) is 15.7 Å². The van der Waals surface area contributed by atoms with Crippen LogP contribution in [0.1, 0.15) is 24.0 Å².